The number of aromatic nitrogens is 1. The molecule has 0 radical (unpaired) electrons. The number of carbonyl (C=O) groups is 1. The molecule has 1 aromatic rings. The van der Waals surface area contributed by atoms with E-state index in [9.17, 15) is 4.79 Å². The molecule has 1 rings (SSSR count). The molecule has 0 saturated carbocycles. The number of carboxylic acid groups (broad SMARTS) is 1. The Kier molecular flexibility index (Phi) is 3.01. The summed E-state index contributed by atoms with van der Waals surface area (Å²) in [4.78, 5) is 10.6. The fourth-order valence-electron chi connectivity index (χ4n) is 1.38. The molecule has 0 amide bonds. The molecule has 1 aromatic heterocycles. The van der Waals surface area contributed by atoms with Crippen molar-refractivity contribution in [2.75, 3.05) is 0 Å². The highest BCUT2D eigenvalue weighted by atomic mass is 16.4. The van der Waals surface area contributed by atoms with E-state index in [0.717, 1.165) is 17.8 Å². The zero-order chi connectivity index (χ0) is 9.84. The topological polar surface area (TPSA) is 41.2 Å². The van der Waals surface area contributed by atoms with Crippen LogP contribution in [0.25, 0.3) is 0 Å². The molecule has 1 heterocycles. The minimum absolute atomic E-state index is 0.0977. The van der Waals surface area contributed by atoms with Crippen LogP contribution in [0.5, 0.6) is 0 Å². The largest absolute Gasteiger partial charge is 0.481 e. The first kappa shape index (κ1) is 9.71. The third-order valence-electron chi connectivity index (χ3n) is 2.07. The van der Waals surface area contributed by atoms with Crippen molar-refractivity contribution in [3.8, 4) is 0 Å². The van der Waals surface area contributed by atoms with Crippen molar-refractivity contribution in [2.45, 2.75) is 26.8 Å². The molecule has 0 unspecified atom stereocenters. The standard InChI is InChI=1S/C10H13NO2/c1-3-11-6-4-5-8(2)9(11)7-10(12)13/h4-6H,3,7H2,1-2H3/p+1. The van der Waals surface area contributed by atoms with Crippen LogP contribution in [0.1, 0.15) is 18.2 Å². The Morgan fingerprint density at radius 1 is 1.62 bits per heavy atom. The molecular weight excluding hydrogens is 166 g/mol. The summed E-state index contributed by atoms with van der Waals surface area (Å²) in [6.07, 6.45) is 2.01. The predicted molar refractivity (Wildman–Crippen MR) is 48.4 cm³/mol. The van der Waals surface area contributed by atoms with Crippen LogP contribution >= 0.6 is 0 Å². The van der Waals surface area contributed by atoms with E-state index in [0.29, 0.717) is 0 Å². The van der Waals surface area contributed by atoms with E-state index in [4.69, 9.17) is 5.11 Å². The zero-order valence-corrected chi connectivity index (χ0v) is 7.95. The predicted octanol–water partition coefficient (Wildman–Crippen LogP) is 0.930. The number of pyridine rings is 1. The molecule has 3 nitrogen and oxygen atoms in total. The van der Waals surface area contributed by atoms with E-state index in [-0.39, 0.29) is 6.42 Å². The number of rotatable bonds is 3. The second-order valence-corrected chi connectivity index (χ2v) is 2.99. The van der Waals surface area contributed by atoms with Gasteiger partial charge in [-0.05, 0) is 19.9 Å². The number of aliphatic carboxylic acids is 1. The van der Waals surface area contributed by atoms with Crippen molar-refractivity contribution in [2.24, 2.45) is 0 Å². The summed E-state index contributed by atoms with van der Waals surface area (Å²) in [6, 6.07) is 3.87. The van der Waals surface area contributed by atoms with Crippen molar-refractivity contribution < 1.29 is 14.5 Å². The SMILES string of the molecule is CC[n+]1cccc(C)c1CC(=O)O. The average molecular weight is 180 g/mol. The van der Waals surface area contributed by atoms with Crippen molar-refractivity contribution >= 4 is 5.97 Å². The Morgan fingerprint density at radius 2 is 2.31 bits per heavy atom. The van der Waals surface area contributed by atoms with Crippen molar-refractivity contribution in [3.05, 3.63) is 29.6 Å². The fourth-order valence-corrected chi connectivity index (χ4v) is 1.38. The van der Waals surface area contributed by atoms with Crippen molar-refractivity contribution in [1.29, 1.82) is 0 Å². The first-order chi connectivity index (χ1) is 6.15. The quantitative estimate of drug-likeness (QED) is 0.703. The fraction of sp³-hybridized carbons (Fsp3) is 0.400. The van der Waals surface area contributed by atoms with Crippen LogP contribution < -0.4 is 4.57 Å². The highest BCUT2D eigenvalue weighted by Gasteiger charge is 2.14. The van der Waals surface area contributed by atoms with E-state index in [1.165, 1.54) is 0 Å². The molecule has 0 aliphatic heterocycles. The molecule has 1 N–H and O–H groups in total. The molecule has 0 bridgehead atoms. The molecule has 0 atom stereocenters. The van der Waals surface area contributed by atoms with E-state index in [1.807, 2.05) is 36.7 Å². The summed E-state index contributed by atoms with van der Waals surface area (Å²) in [7, 11) is 0. The van der Waals surface area contributed by atoms with Gasteiger partial charge in [-0.3, -0.25) is 4.79 Å². The molecule has 0 aromatic carbocycles. The molecule has 0 aliphatic carbocycles. The van der Waals surface area contributed by atoms with E-state index < -0.39 is 5.97 Å². The van der Waals surface area contributed by atoms with Gasteiger partial charge in [-0.1, -0.05) is 0 Å². The van der Waals surface area contributed by atoms with Crippen LogP contribution in [0.3, 0.4) is 0 Å². The smallest absolute Gasteiger partial charge is 0.314 e. The summed E-state index contributed by atoms with van der Waals surface area (Å²) in [5.74, 6) is -0.781. The number of aryl methyl sites for hydroxylation is 2. The molecule has 0 fully saturated rings. The lowest BCUT2D eigenvalue weighted by Gasteiger charge is -2.02. The van der Waals surface area contributed by atoms with Crippen molar-refractivity contribution in [1.82, 2.24) is 0 Å². The monoisotopic (exact) mass is 180 g/mol. The van der Waals surface area contributed by atoms with Crippen LogP contribution in [0.2, 0.25) is 0 Å². The highest BCUT2D eigenvalue weighted by Crippen LogP contribution is 2.02. The summed E-state index contributed by atoms with van der Waals surface area (Å²) in [5.41, 5.74) is 1.92. The molecular formula is C10H14NO2+. The second kappa shape index (κ2) is 4.03. The maximum atomic E-state index is 10.6. The van der Waals surface area contributed by atoms with Gasteiger partial charge < -0.3 is 5.11 Å². The Morgan fingerprint density at radius 3 is 2.85 bits per heavy atom. The third-order valence-corrected chi connectivity index (χ3v) is 2.07. The van der Waals surface area contributed by atoms with Gasteiger partial charge in [0, 0.05) is 11.6 Å². The minimum Gasteiger partial charge on any atom is -0.481 e. The molecule has 0 saturated heterocycles. The van der Waals surface area contributed by atoms with Crippen LogP contribution in [0.15, 0.2) is 18.3 Å². The normalized spacial score (nSPS) is 10.0. The maximum Gasteiger partial charge on any atom is 0.314 e. The molecule has 0 aliphatic rings. The summed E-state index contributed by atoms with van der Waals surface area (Å²) < 4.78 is 1.96. The lowest BCUT2D eigenvalue weighted by atomic mass is 10.1. The lowest BCUT2D eigenvalue weighted by Crippen LogP contribution is -2.38. The number of hydrogen-bond donors (Lipinski definition) is 1. The van der Waals surface area contributed by atoms with Crippen LogP contribution in [0, 0.1) is 6.92 Å². The van der Waals surface area contributed by atoms with Gasteiger partial charge in [-0.25, -0.2) is 4.57 Å². The summed E-state index contributed by atoms with van der Waals surface area (Å²) >= 11 is 0. The van der Waals surface area contributed by atoms with Gasteiger partial charge in [0.15, 0.2) is 11.9 Å². The van der Waals surface area contributed by atoms with Crippen LogP contribution in [0.4, 0.5) is 0 Å². The Hall–Kier alpha value is -1.38. The highest BCUT2D eigenvalue weighted by molar-refractivity contribution is 5.69. The van der Waals surface area contributed by atoms with E-state index >= 15 is 0 Å². The van der Waals surface area contributed by atoms with Gasteiger partial charge in [0.25, 0.3) is 0 Å². The number of nitrogens with zero attached hydrogens (tertiary/aromatic N) is 1. The minimum atomic E-state index is -0.781. The number of hydrogen-bond acceptors (Lipinski definition) is 1. The second-order valence-electron chi connectivity index (χ2n) is 2.99. The summed E-state index contributed by atoms with van der Waals surface area (Å²) in [5, 5.41) is 8.70. The van der Waals surface area contributed by atoms with Gasteiger partial charge in [0.05, 0.1) is 0 Å². The van der Waals surface area contributed by atoms with Gasteiger partial charge in [0.2, 0.25) is 0 Å². The van der Waals surface area contributed by atoms with Crippen LogP contribution in [-0.4, -0.2) is 11.1 Å². The molecule has 70 valence electrons. The maximum absolute atomic E-state index is 10.6. The molecule has 3 heteroatoms. The average Bonchev–Trinajstić information content (AvgIpc) is 2.08. The Labute approximate surface area is 77.6 Å². The molecule has 0 spiro atoms. The van der Waals surface area contributed by atoms with Gasteiger partial charge in [0.1, 0.15) is 13.0 Å². The Balaban J connectivity index is 3.07. The van der Waals surface area contributed by atoms with Crippen LogP contribution in [-0.2, 0) is 17.8 Å². The Bertz CT molecular complexity index is 321. The van der Waals surface area contributed by atoms with E-state index in [1.54, 1.807) is 0 Å². The first-order valence-electron chi connectivity index (χ1n) is 4.35. The van der Waals surface area contributed by atoms with Gasteiger partial charge in [-0.2, -0.15) is 0 Å². The lowest BCUT2D eigenvalue weighted by molar-refractivity contribution is -0.700. The number of carboxylic acids is 1. The zero-order valence-electron chi connectivity index (χ0n) is 7.95. The van der Waals surface area contributed by atoms with Crippen molar-refractivity contribution in [3.63, 3.8) is 0 Å². The van der Waals surface area contributed by atoms with Gasteiger partial charge >= 0.3 is 5.97 Å². The first-order valence-corrected chi connectivity index (χ1v) is 4.35. The summed E-state index contributed by atoms with van der Waals surface area (Å²) in [6.45, 7) is 4.75. The van der Waals surface area contributed by atoms with E-state index in [2.05, 4.69) is 0 Å². The van der Waals surface area contributed by atoms with Gasteiger partial charge in [-0.15, -0.1) is 0 Å². The molecule has 13 heavy (non-hydrogen) atoms. The third kappa shape index (κ3) is 2.28.